The van der Waals surface area contributed by atoms with Gasteiger partial charge in [-0.15, -0.1) is 11.3 Å². The summed E-state index contributed by atoms with van der Waals surface area (Å²) < 4.78 is 1.10. The van der Waals surface area contributed by atoms with Crippen LogP contribution in [0.15, 0.2) is 54.2 Å². The maximum atomic E-state index is 6.22. The summed E-state index contributed by atoms with van der Waals surface area (Å²) in [5.41, 5.74) is 12.4. The van der Waals surface area contributed by atoms with Crippen LogP contribution in [0.5, 0.6) is 0 Å². The van der Waals surface area contributed by atoms with E-state index in [1.165, 1.54) is 0 Å². The zero-order valence-electron chi connectivity index (χ0n) is 11.1. The number of aromatic nitrogens is 2. The van der Waals surface area contributed by atoms with Crippen LogP contribution >= 0.6 is 11.3 Å². The molecule has 4 nitrogen and oxygen atoms in total. The van der Waals surface area contributed by atoms with E-state index in [2.05, 4.69) is 15.3 Å². The van der Waals surface area contributed by atoms with E-state index in [4.69, 9.17) is 5.73 Å². The van der Waals surface area contributed by atoms with Gasteiger partial charge in [0.15, 0.2) is 0 Å². The average Bonchev–Trinajstić information content (AvgIpc) is 3.00. The third-order valence-corrected chi connectivity index (χ3v) is 4.25. The molecule has 0 aliphatic rings. The summed E-state index contributed by atoms with van der Waals surface area (Å²) in [6, 6.07) is 14.0. The Morgan fingerprint density at radius 3 is 2.86 bits per heavy atom. The topological polar surface area (TPSA) is 63.8 Å². The standard InChI is InChI=1S/C16H12N4S/c17-15-13(6-7-14-16(15)19-9-21-14)20-12-5-1-4-11-10(12)3-2-8-18-11/h1-9,20H,17H2. The van der Waals surface area contributed by atoms with E-state index >= 15 is 0 Å². The number of thiazole rings is 1. The summed E-state index contributed by atoms with van der Waals surface area (Å²) in [4.78, 5) is 8.69. The fourth-order valence-corrected chi connectivity index (χ4v) is 3.11. The average molecular weight is 292 g/mol. The molecule has 0 aliphatic carbocycles. The van der Waals surface area contributed by atoms with E-state index in [1.54, 1.807) is 17.5 Å². The number of rotatable bonds is 2. The Balaban J connectivity index is 1.84. The van der Waals surface area contributed by atoms with E-state index in [0.717, 1.165) is 32.5 Å². The van der Waals surface area contributed by atoms with Gasteiger partial charge in [-0.25, -0.2) is 4.98 Å². The Labute approximate surface area is 125 Å². The van der Waals surface area contributed by atoms with Gasteiger partial charge in [-0.1, -0.05) is 6.07 Å². The number of fused-ring (bicyclic) bond motifs is 2. The molecule has 0 unspecified atom stereocenters. The number of nitrogens with one attached hydrogen (secondary N) is 1. The Bertz CT molecular complexity index is 940. The van der Waals surface area contributed by atoms with E-state index in [0.29, 0.717) is 5.69 Å². The number of anilines is 3. The van der Waals surface area contributed by atoms with Crippen LogP contribution in [0.2, 0.25) is 0 Å². The van der Waals surface area contributed by atoms with Crippen molar-refractivity contribution in [3.8, 4) is 0 Å². The first-order chi connectivity index (χ1) is 10.3. The molecule has 0 aliphatic heterocycles. The Kier molecular flexibility index (Phi) is 2.72. The molecule has 0 amide bonds. The van der Waals surface area contributed by atoms with E-state index < -0.39 is 0 Å². The SMILES string of the molecule is Nc1c(Nc2cccc3ncccc23)ccc2scnc12. The van der Waals surface area contributed by atoms with Crippen molar-refractivity contribution in [3.05, 3.63) is 54.2 Å². The molecule has 2 aromatic carbocycles. The molecule has 3 N–H and O–H groups in total. The maximum absolute atomic E-state index is 6.22. The van der Waals surface area contributed by atoms with Crippen molar-refractivity contribution in [2.24, 2.45) is 0 Å². The van der Waals surface area contributed by atoms with E-state index in [1.807, 2.05) is 48.0 Å². The molecule has 4 rings (SSSR count). The van der Waals surface area contributed by atoms with Gasteiger partial charge in [0.05, 0.1) is 27.1 Å². The molecule has 0 saturated carbocycles. The fourth-order valence-electron chi connectivity index (χ4n) is 2.42. The molecule has 21 heavy (non-hydrogen) atoms. The second kappa shape index (κ2) is 4.71. The van der Waals surface area contributed by atoms with Crippen LogP contribution in [0.1, 0.15) is 0 Å². The lowest BCUT2D eigenvalue weighted by atomic mass is 10.1. The van der Waals surface area contributed by atoms with Gasteiger partial charge < -0.3 is 11.1 Å². The van der Waals surface area contributed by atoms with Crippen LogP contribution in [-0.2, 0) is 0 Å². The number of pyridine rings is 1. The first-order valence-electron chi connectivity index (χ1n) is 6.55. The predicted octanol–water partition coefficient (Wildman–Crippen LogP) is 4.17. The second-order valence-electron chi connectivity index (χ2n) is 4.73. The fraction of sp³-hybridized carbons (Fsp3) is 0. The highest BCUT2D eigenvalue weighted by atomic mass is 32.1. The van der Waals surface area contributed by atoms with Gasteiger partial charge in [-0.3, -0.25) is 4.98 Å². The van der Waals surface area contributed by atoms with Crippen molar-refractivity contribution >= 4 is 49.5 Å². The Hall–Kier alpha value is -2.66. The largest absolute Gasteiger partial charge is 0.395 e. The molecule has 0 fully saturated rings. The maximum Gasteiger partial charge on any atom is 0.106 e. The summed E-state index contributed by atoms with van der Waals surface area (Å²) in [5.74, 6) is 0. The zero-order chi connectivity index (χ0) is 14.2. The van der Waals surface area contributed by atoms with Gasteiger partial charge in [-0.2, -0.15) is 0 Å². The van der Waals surface area contributed by atoms with E-state index in [-0.39, 0.29) is 0 Å². The van der Waals surface area contributed by atoms with Crippen LogP contribution in [0.3, 0.4) is 0 Å². The van der Waals surface area contributed by atoms with Gasteiger partial charge in [-0.05, 0) is 36.4 Å². The van der Waals surface area contributed by atoms with Gasteiger partial charge in [0.2, 0.25) is 0 Å². The number of nitrogen functional groups attached to an aromatic ring is 1. The minimum absolute atomic E-state index is 0.676. The summed E-state index contributed by atoms with van der Waals surface area (Å²) in [6.45, 7) is 0. The normalized spacial score (nSPS) is 11.0. The predicted molar refractivity (Wildman–Crippen MR) is 89.1 cm³/mol. The number of hydrogen-bond donors (Lipinski definition) is 2. The third-order valence-electron chi connectivity index (χ3n) is 3.46. The zero-order valence-corrected chi connectivity index (χ0v) is 11.9. The van der Waals surface area contributed by atoms with Gasteiger partial charge in [0.25, 0.3) is 0 Å². The molecule has 4 aromatic rings. The number of nitrogens with two attached hydrogens (primary N) is 1. The van der Waals surface area contributed by atoms with Crippen LogP contribution in [0.4, 0.5) is 17.1 Å². The first kappa shape index (κ1) is 12.1. The van der Waals surface area contributed by atoms with Crippen LogP contribution in [0, 0.1) is 0 Å². The van der Waals surface area contributed by atoms with Gasteiger partial charge in [0, 0.05) is 17.3 Å². The molecule has 0 atom stereocenters. The number of hydrogen-bond acceptors (Lipinski definition) is 5. The molecule has 5 heteroatoms. The van der Waals surface area contributed by atoms with Crippen molar-refractivity contribution in [1.29, 1.82) is 0 Å². The molecule has 0 bridgehead atoms. The van der Waals surface area contributed by atoms with Crippen molar-refractivity contribution in [2.45, 2.75) is 0 Å². The lowest BCUT2D eigenvalue weighted by molar-refractivity contribution is 1.41. The van der Waals surface area contributed by atoms with Gasteiger partial charge >= 0.3 is 0 Å². The number of nitrogens with zero attached hydrogens (tertiary/aromatic N) is 2. The summed E-state index contributed by atoms with van der Waals surface area (Å²) in [6.07, 6.45) is 1.79. The third kappa shape index (κ3) is 1.98. The molecule has 0 spiro atoms. The highest BCUT2D eigenvalue weighted by Gasteiger charge is 2.08. The molecule has 2 aromatic heterocycles. The second-order valence-corrected chi connectivity index (χ2v) is 5.61. The molecule has 0 saturated heterocycles. The van der Waals surface area contributed by atoms with Crippen LogP contribution in [0.25, 0.3) is 21.1 Å². The van der Waals surface area contributed by atoms with Crippen molar-refractivity contribution < 1.29 is 0 Å². The summed E-state index contributed by atoms with van der Waals surface area (Å²) in [5, 5.41) is 4.46. The van der Waals surface area contributed by atoms with E-state index in [9.17, 15) is 0 Å². The Morgan fingerprint density at radius 1 is 0.952 bits per heavy atom. The minimum Gasteiger partial charge on any atom is -0.395 e. The first-order valence-corrected chi connectivity index (χ1v) is 7.43. The van der Waals surface area contributed by atoms with Crippen LogP contribution in [-0.4, -0.2) is 9.97 Å². The monoisotopic (exact) mass is 292 g/mol. The lowest BCUT2D eigenvalue weighted by Crippen LogP contribution is -1.97. The smallest absolute Gasteiger partial charge is 0.106 e. The molecular weight excluding hydrogens is 280 g/mol. The quantitative estimate of drug-likeness (QED) is 0.544. The van der Waals surface area contributed by atoms with Gasteiger partial charge in [0.1, 0.15) is 5.52 Å². The molecular formula is C16H12N4S. The molecule has 2 heterocycles. The molecule has 0 radical (unpaired) electrons. The highest BCUT2D eigenvalue weighted by molar-refractivity contribution is 7.16. The number of benzene rings is 2. The van der Waals surface area contributed by atoms with Crippen LogP contribution < -0.4 is 11.1 Å². The van der Waals surface area contributed by atoms with Crippen molar-refractivity contribution in [3.63, 3.8) is 0 Å². The lowest BCUT2D eigenvalue weighted by Gasteiger charge is -2.11. The summed E-state index contributed by atoms with van der Waals surface area (Å²) in [7, 11) is 0. The Morgan fingerprint density at radius 2 is 1.90 bits per heavy atom. The highest BCUT2D eigenvalue weighted by Crippen LogP contribution is 2.33. The van der Waals surface area contributed by atoms with Crippen molar-refractivity contribution in [2.75, 3.05) is 11.1 Å². The minimum atomic E-state index is 0.676. The van der Waals surface area contributed by atoms with Crippen molar-refractivity contribution in [1.82, 2.24) is 9.97 Å². The molecule has 102 valence electrons. The summed E-state index contributed by atoms with van der Waals surface area (Å²) >= 11 is 1.59.